The van der Waals surface area contributed by atoms with Crippen LogP contribution in [-0.2, 0) is 11.0 Å². The lowest BCUT2D eigenvalue weighted by molar-refractivity contribution is 0.0373. The molecule has 5 nitrogen and oxygen atoms in total. The van der Waals surface area contributed by atoms with E-state index in [9.17, 15) is 5.11 Å². The lowest BCUT2D eigenvalue weighted by atomic mass is 9.90. The lowest BCUT2D eigenvalue weighted by Crippen LogP contribution is -2.41. The van der Waals surface area contributed by atoms with E-state index in [-0.39, 0.29) is 5.04 Å². The summed E-state index contributed by atoms with van der Waals surface area (Å²) in [5.41, 5.74) is 1.14. The summed E-state index contributed by atoms with van der Waals surface area (Å²) in [5.74, 6) is 0. The van der Waals surface area contributed by atoms with Crippen LogP contribution in [0.1, 0.15) is 51.9 Å². The number of aliphatic hydroxyl groups is 1. The van der Waals surface area contributed by atoms with Crippen molar-refractivity contribution in [3.63, 3.8) is 0 Å². The van der Waals surface area contributed by atoms with E-state index >= 15 is 0 Å². The molecule has 0 saturated heterocycles. The SMILES string of the molecule is [C-]#[N+]c1ccccc1C(n1cncc1CO[Si](C)(C)C(C)(C)C)C(C)(C)O. The molecule has 1 heterocycles. The minimum absolute atomic E-state index is 0.115. The lowest BCUT2D eigenvalue weighted by Gasteiger charge is -2.37. The molecule has 0 aliphatic rings. The van der Waals surface area contributed by atoms with E-state index in [1.807, 2.05) is 22.8 Å². The van der Waals surface area contributed by atoms with Crippen molar-refractivity contribution in [1.29, 1.82) is 0 Å². The normalized spacial score (nSPS) is 14.0. The molecule has 1 N–H and O–H groups in total. The summed E-state index contributed by atoms with van der Waals surface area (Å²) in [7, 11) is -1.91. The zero-order valence-corrected chi connectivity index (χ0v) is 18.4. The Labute approximate surface area is 164 Å². The highest BCUT2D eigenvalue weighted by atomic mass is 28.4. The monoisotopic (exact) mass is 385 g/mol. The number of benzene rings is 1. The summed E-state index contributed by atoms with van der Waals surface area (Å²) in [5, 5.41) is 11.0. The Balaban J connectivity index is 2.44. The van der Waals surface area contributed by atoms with Crippen molar-refractivity contribution < 1.29 is 9.53 Å². The van der Waals surface area contributed by atoms with Gasteiger partial charge in [-0.3, -0.25) is 0 Å². The van der Waals surface area contributed by atoms with Gasteiger partial charge in [-0.15, -0.1) is 0 Å². The second-order valence-electron chi connectivity index (χ2n) is 9.07. The molecule has 2 rings (SSSR count). The molecule has 1 unspecified atom stereocenters. The Hall–Kier alpha value is -1.94. The highest BCUT2D eigenvalue weighted by molar-refractivity contribution is 6.74. The minimum Gasteiger partial charge on any atom is -0.411 e. The first-order valence-corrected chi connectivity index (χ1v) is 12.1. The summed E-state index contributed by atoms with van der Waals surface area (Å²) < 4.78 is 8.31. The van der Waals surface area contributed by atoms with Crippen molar-refractivity contribution in [3.8, 4) is 0 Å². The number of rotatable bonds is 6. The summed E-state index contributed by atoms with van der Waals surface area (Å²) in [6.07, 6.45) is 3.50. The van der Waals surface area contributed by atoms with Crippen LogP contribution in [0.4, 0.5) is 5.69 Å². The minimum atomic E-state index is -1.91. The zero-order chi connectivity index (χ0) is 20.5. The standard InChI is InChI=1S/C21H31N3O2Si/c1-20(2,3)27(7,8)26-14-16-13-23-15-24(16)19(21(4,5)25)17-11-9-10-12-18(17)22-6/h9-13,15,19,25H,14H2,1-5,7-8H3. The number of nitrogens with zero attached hydrogens (tertiary/aromatic N) is 3. The molecular weight excluding hydrogens is 354 g/mol. The fourth-order valence-electron chi connectivity index (χ4n) is 2.84. The predicted octanol–water partition coefficient (Wildman–Crippen LogP) is 5.32. The zero-order valence-electron chi connectivity index (χ0n) is 17.4. The van der Waals surface area contributed by atoms with Gasteiger partial charge < -0.3 is 14.1 Å². The van der Waals surface area contributed by atoms with E-state index in [0.29, 0.717) is 12.3 Å². The van der Waals surface area contributed by atoms with Gasteiger partial charge in [0, 0.05) is 0 Å². The molecule has 1 atom stereocenters. The third kappa shape index (κ3) is 4.67. The van der Waals surface area contributed by atoms with Crippen LogP contribution >= 0.6 is 0 Å². The quantitative estimate of drug-likeness (QED) is 0.541. The van der Waals surface area contributed by atoms with Gasteiger partial charge in [0.2, 0.25) is 0 Å². The maximum absolute atomic E-state index is 10.9. The Morgan fingerprint density at radius 1 is 1.22 bits per heavy atom. The molecule has 0 saturated carbocycles. The number of hydrogen-bond acceptors (Lipinski definition) is 3. The molecule has 6 heteroatoms. The van der Waals surface area contributed by atoms with Crippen molar-refractivity contribution in [3.05, 3.63) is 59.5 Å². The van der Waals surface area contributed by atoms with Crippen LogP contribution in [-0.4, -0.2) is 28.6 Å². The Bertz CT molecular complexity index is 823. The smallest absolute Gasteiger partial charge is 0.192 e. The maximum atomic E-state index is 10.9. The Kier molecular flexibility index (Phi) is 6.00. The first kappa shape index (κ1) is 21.4. The number of aromatic nitrogens is 2. The number of imidazole rings is 1. The summed E-state index contributed by atoms with van der Waals surface area (Å²) >= 11 is 0. The summed E-state index contributed by atoms with van der Waals surface area (Å²) in [6, 6.07) is 6.99. The predicted molar refractivity (Wildman–Crippen MR) is 111 cm³/mol. The van der Waals surface area contributed by atoms with Crippen LogP contribution in [0.2, 0.25) is 18.1 Å². The molecule has 0 bridgehead atoms. The Morgan fingerprint density at radius 2 is 1.85 bits per heavy atom. The highest BCUT2D eigenvalue weighted by Gasteiger charge is 2.38. The molecule has 1 aromatic carbocycles. The average Bonchev–Trinajstić information content (AvgIpc) is 2.99. The maximum Gasteiger partial charge on any atom is 0.192 e. The van der Waals surface area contributed by atoms with E-state index in [1.165, 1.54) is 0 Å². The van der Waals surface area contributed by atoms with E-state index in [0.717, 1.165) is 11.3 Å². The topological polar surface area (TPSA) is 51.6 Å². The van der Waals surface area contributed by atoms with Gasteiger partial charge >= 0.3 is 0 Å². The number of para-hydroxylation sites is 1. The van der Waals surface area contributed by atoms with Gasteiger partial charge in [0.15, 0.2) is 14.0 Å². The van der Waals surface area contributed by atoms with Crippen LogP contribution in [0, 0.1) is 6.57 Å². The van der Waals surface area contributed by atoms with E-state index in [2.05, 4.69) is 43.7 Å². The van der Waals surface area contributed by atoms with Gasteiger partial charge in [-0.05, 0) is 37.5 Å². The molecular formula is C21H31N3O2Si. The fraction of sp³-hybridized carbons (Fsp3) is 0.524. The van der Waals surface area contributed by atoms with Crippen LogP contribution in [0.3, 0.4) is 0 Å². The van der Waals surface area contributed by atoms with Crippen molar-refractivity contribution in [1.82, 2.24) is 9.55 Å². The number of hydrogen-bond donors (Lipinski definition) is 1. The van der Waals surface area contributed by atoms with Crippen molar-refractivity contribution >= 4 is 14.0 Å². The molecule has 27 heavy (non-hydrogen) atoms. The molecule has 1 aromatic heterocycles. The van der Waals surface area contributed by atoms with Crippen LogP contribution in [0.25, 0.3) is 4.85 Å². The molecule has 0 fully saturated rings. The van der Waals surface area contributed by atoms with Crippen LogP contribution < -0.4 is 0 Å². The molecule has 0 radical (unpaired) electrons. The van der Waals surface area contributed by atoms with Gasteiger partial charge in [-0.2, -0.15) is 0 Å². The van der Waals surface area contributed by atoms with E-state index in [1.54, 1.807) is 32.4 Å². The van der Waals surface area contributed by atoms with Crippen LogP contribution in [0.15, 0.2) is 36.8 Å². The molecule has 0 spiro atoms. The third-order valence-electron chi connectivity index (χ3n) is 5.43. The molecule has 2 aromatic rings. The highest BCUT2D eigenvalue weighted by Crippen LogP contribution is 2.39. The molecule has 0 aliphatic carbocycles. The van der Waals surface area contributed by atoms with E-state index < -0.39 is 20.0 Å². The average molecular weight is 386 g/mol. The second kappa shape index (κ2) is 7.59. The Morgan fingerprint density at radius 3 is 2.41 bits per heavy atom. The van der Waals surface area contributed by atoms with Crippen molar-refractivity contribution in [2.45, 2.75) is 71.0 Å². The van der Waals surface area contributed by atoms with Gasteiger partial charge in [0.05, 0.1) is 43.0 Å². The molecule has 0 aliphatic heterocycles. The van der Waals surface area contributed by atoms with Gasteiger partial charge in [-0.1, -0.05) is 45.0 Å². The van der Waals surface area contributed by atoms with Gasteiger partial charge in [-0.25, -0.2) is 9.83 Å². The van der Waals surface area contributed by atoms with E-state index in [4.69, 9.17) is 11.0 Å². The fourth-order valence-corrected chi connectivity index (χ4v) is 3.78. The molecule has 146 valence electrons. The summed E-state index contributed by atoms with van der Waals surface area (Å²) in [6.45, 7) is 22.5. The van der Waals surface area contributed by atoms with Crippen LogP contribution in [0.5, 0.6) is 0 Å². The van der Waals surface area contributed by atoms with Gasteiger partial charge in [0.25, 0.3) is 0 Å². The van der Waals surface area contributed by atoms with Crippen molar-refractivity contribution in [2.24, 2.45) is 0 Å². The largest absolute Gasteiger partial charge is 0.411 e. The second-order valence-corrected chi connectivity index (χ2v) is 13.9. The van der Waals surface area contributed by atoms with Gasteiger partial charge in [0.1, 0.15) is 0 Å². The molecule has 0 amide bonds. The third-order valence-corrected chi connectivity index (χ3v) is 9.91. The van der Waals surface area contributed by atoms with Crippen molar-refractivity contribution in [2.75, 3.05) is 0 Å². The first-order valence-electron chi connectivity index (χ1n) is 9.22. The first-order chi connectivity index (χ1) is 12.4. The summed E-state index contributed by atoms with van der Waals surface area (Å²) in [4.78, 5) is 7.95.